The van der Waals surface area contributed by atoms with E-state index in [1.54, 1.807) is 29.1 Å². The van der Waals surface area contributed by atoms with E-state index in [0.717, 1.165) is 11.4 Å². The van der Waals surface area contributed by atoms with Crippen LogP contribution in [0, 0.1) is 17.5 Å². The lowest BCUT2D eigenvalue weighted by Crippen LogP contribution is -2.46. The van der Waals surface area contributed by atoms with Crippen LogP contribution in [0.2, 0.25) is 0 Å². The summed E-state index contributed by atoms with van der Waals surface area (Å²) in [6.45, 7) is 2.71. The fourth-order valence-corrected chi connectivity index (χ4v) is 7.71. The molecule has 1 saturated heterocycles. The second-order valence-electron chi connectivity index (χ2n) is 13.8. The number of piperazine rings is 1. The molecule has 4 aromatic heterocycles. The molecular formula is C40H35F3N10O3. The first kappa shape index (κ1) is 35.2. The summed E-state index contributed by atoms with van der Waals surface area (Å²) in [6, 6.07) is 18.2. The molecule has 1 fully saturated rings. The Morgan fingerprint density at radius 2 is 1.70 bits per heavy atom. The molecule has 3 aromatic carbocycles. The summed E-state index contributed by atoms with van der Waals surface area (Å²) in [6.07, 6.45) is 3.50. The Bertz CT molecular complexity index is 2660. The molecule has 0 spiro atoms. The number of aromatic amines is 1. The predicted molar refractivity (Wildman–Crippen MR) is 205 cm³/mol. The SMILES string of the molecule is O=C1NCCc2c(-c3cc(F)c(CN4CCN(c5ccc(Nc6ncc7c(=O)n(CCO)n(-c8ccccn8)c7n6)cc5)CC4)c(F)c3)[nH]c3cc(F)cc1c23. The summed E-state index contributed by atoms with van der Waals surface area (Å²) in [5.74, 6) is -1.54. The third kappa shape index (κ3) is 6.31. The van der Waals surface area contributed by atoms with Gasteiger partial charge in [0, 0.05) is 90.8 Å². The van der Waals surface area contributed by atoms with Gasteiger partial charge in [-0.05, 0) is 72.6 Å². The maximum atomic E-state index is 15.6. The van der Waals surface area contributed by atoms with Gasteiger partial charge in [0.25, 0.3) is 11.5 Å². The van der Waals surface area contributed by atoms with Crippen molar-refractivity contribution in [2.24, 2.45) is 0 Å². The molecule has 6 heterocycles. The minimum Gasteiger partial charge on any atom is -0.394 e. The third-order valence-electron chi connectivity index (χ3n) is 10.4. The van der Waals surface area contributed by atoms with Crippen LogP contribution in [0.25, 0.3) is 39.0 Å². The number of pyridine rings is 1. The second-order valence-corrected chi connectivity index (χ2v) is 13.8. The van der Waals surface area contributed by atoms with E-state index >= 15 is 8.78 Å². The average molecular weight is 761 g/mol. The lowest BCUT2D eigenvalue weighted by molar-refractivity contribution is 0.0956. The van der Waals surface area contributed by atoms with Crippen molar-refractivity contribution < 1.29 is 23.1 Å². The standard InChI is InChI=1S/C40H35F3N10O3/c41-24-19-28-35-27(8-10-45-38(28)55)36(48-33(35)20-24)23-17-31(42)30(32(43)18-23)22-50-11-13-51(14-12-50)26-6-4-25(5-7-26)47-40-46-21-29-37(49-40)53(34-3-1-2-9-44-34)52(15-16-54)39(29)56/h1-7,9,17-21,48,54H,8,10-16,22H2,(H,45,55)(H,46,47,49). The highest BCUT2D eigenvalue weighted by Gasteiger charge is 2.26. The van der Waals surface area contributed by atoms with Crippen molar-refractivity contribution in [2.45, 2.75) is 19.5 Å². The molecule has 284 valence electrons. The molecule has 0 radical (unpaired) electrons. The van der Waals surface area contributed by atoms with Crippen LogP contribution in [0.4, 0.5) is 30.5 Å². The molecule has 2 aliphatic rings. The summed E-state index contributed by atoms with van der Waals surface area (Å²) in [7, 11) is 0. The van der Waals surface area contributed by atoms with Crippen molar-refractivity contribution in [3.05, 3.63) is 124 Å². The molecule has 2 aliphatic heterocycles. The normalized spacial score (nSPS) is 14.7. The van der Waals surface area contributed by atoms with Crippen molar-refractivity contribution in [1.82, 2.24) is 39.5 Å². The number of aliphatic hydroxyl groups is 1. The molecule has 4 N–H and O–H groups in total. The van der Waals surface area contributed by atoms with Gasteiger partial charge in [0.15, 0.2) is 11.5 Å². The lowest BCUT2D eigenvalue weighted by atomic mass is 9.99. The predicted octanol–water partition coefficient (Wildman–Crippen LogP) is 4.89. The quantitative estimate of drug-likeness (QED) is 0.162. The summed E-state index contributed by atoms with van der Waals surface area (Å²) < 4.78 is 48.6. The van der Waals surface area contributed by atoms with Gasteiger partial charge in [-0.25, -0.2) is 32.5 Å². The van der Waals surface area contributed by atoms with Crippen LogP contribution in [0.1, 0.15) is 21.5 Å². The number of hydrogen-bond donors (Lipinski definition) is 4. The number of aromatic nitrogens is 6. The number of nitrogens with one attached hydrogen (secondary N) is 3. The van der Waals surface area contributed by atoms with E-state index in [0.29, 0.717) is 83.7 Å². The monoisotopic (exact) mass is 760 g/mol. The summed E-state index contributed by atoms with van der Waals surface area (Å²) >= 11 is 0. The molecule has 0 atom stereocenters. The van der Waals surface area contributed by atoms with E-state index in [9.17, 15) is 19.1 Å². The molecule has 0 saturated carbocycles. The van der Waals surface area contributed by atoms with Crippen LogP contribution in [0.3, 0.4) is 0 Å². The van der Waals surface area contributed by atoms with Crippen molar-refractivity contribution in [3.8, 4) is 17.1 Å². The average Bonchev–Trinajstić information content (AvgIpc) is 3.64. The van der Waals surface area contributed by atoms with Crippen LogP contribution in [0.15, 0.2) is 83.9 Å². The van der Waals surface area contributed by atoms with Gasteiger partial charge in [-0.15, -0.1) is 0 Å². The molecule has 13 nitrogen and oxygen atoms in total. The van der Waals surface area contributed by atoms with E-state index in [1.165, 1.54) is 35.1 Å². The Morgan fingerprint density at radius 1 is 0.911 bits per heavy atom. The van der Waals surface area contributed by atoms with Gasteiger partial charge >= 0.3 is 0 Å². The number of anilines is 3. The molecule has 1 amide bonds. The van der Waals surface area contributed by atoms with Crippen molar-refractivity contribution in [1.29, 1.82) is 0 Å². The molecule has 16 heteroatoms. The number of nitrogens with zero attached hydrogens (tertiary/aromatic N) is 7. The number of carbonyl (C=O) groups is 1. The number of hydrogen-bond acceptors (Lipinski definition) is 9. The minimum absolute atomic E-state index is 0.0226. The van der Waals surface area contributed by atoms with Gasteiger partial charge in [-0.1, -0.05) is 6.07 Å². The van der Waals surface area contributed by atoms with Gasteiger partial charge < -0.3 is 25.6 Å². The topological polar surface area (TPSA) is 149 Å². The third-order valence-corrected chi connectivity index (χ3v) is 10.4. The zero-order valence-corrected chi connectivity index (χ0v) is 29.9. The van der Waals surface area contributed by atoms with Crippen LogP contribution in [-0.4, -0.2) is 84.5 Å². The lowest BCUT2D eigenvalue weighted by Gasteiger charge is -2.36. The summed E-state index contributed by atoms with van der Waals surface area (Å²) in [5.41, 5.74) is 3.80. The van der Waals surface area contributed by atoms with Gasteiger partial charge in [-0.2, -0.15) is 4.98 Å². The molecule has 9 rings (SSSR count). The van der Waals surface area contributed by atoms with Crippen molar-refractivity contribution in [3.63, 3.8) is 0 Å². The second kappa shape index (κ2) is 14.3. The number of halogens is 3. The minimum atomic E-state index is -0.670. The first-order valence-electron chi connectivity index (χ1n) is 18.2. The first-order valence-corrected chi connectivity index (χ1v) is 18.2. The zero-order valence-electron chi connectivity index (χ0n) is 29.9. The van der Waals surface area contributed by atoms with E-state index in [1.807, 2.05) is 29.2 Å². The number of aliphatic hydroxyl groups excluding tert-OH is 1. The number of carbonyl (C=O) groups excluding carboxylic acids is 1. The van der Waals surface area contributed by atoms with Gasteiger partial charge in [0.2, 0.25) is 5.95 Å². The molecular weight excluding hydrogens is 726 g/mol. The Labute approximate surface area is 317 Å². The Morgan fingerprint density at radius 3 is 2.43 bits per heavy atom. The van der Waals surface area contributed by atoms with Crippen LogP contribution in [-0.2, 0) is 19.5 Å². The van der Waals surface area contributed by atoms with E-state index in [4.69, 9.17) is 0 Å². The van der Waals surface area contributed by atoms with Crippen LogP contribution >= 0.6 is 0 Å². The molecule has 0 bridgehead atoms. The van der Waals surface area contributed by atoms with Crippen LogP contribution < -0.4 is 21.1 Å². The highest BCUT2D eigenvalue weighted by molar-refractivity contribution is 6.10. The maximum absolute atomic E-state index is 15.6. The van der Waals surface area contributed by atoms with Crippen molar-refractivity contribution >= 4 is 45.2 Å². The molecule has 0 unspecified atom stereocenters. The highest BCUT2D eigenvalue weighted by Crippen LogP contribution is 2.36. The maximum Gasteiger partial charge on any atom is 0.278 e. The number of benzene rings is 3. The number of H-pyrrole nitrogens is 1. The van der Waals surface area contributed by atoms with Gasteiger partial charge in [0.05, 0.1) is 18.7 Å². The largest absolute Gasteiger partial charge is 0.394 e. The zero-order chi connectivity index (χ0) is 38.5. The first-order chi connectivity index (χ1) is 27.2. The Kier molecular flexibility index (Phi) is 8.98. The van der Waals surface area contributed by atoms with Gasteiger partial charge in [0.1, 0.15) is 22.8 Å². The molecule has 0 aliphatic carbocycles. The Hall–Kier alpha value is -6.52. The number of fused-ring (bicyclic) bond motifs is 1. The van der Waals surface area contributed by atoms with E-state index in [2.05, 4.69) is 35.5 Å². The number of rotatable bonds is 9. The van der Waals surface area contributed by atoms with E-state index < -0.39 is 17.5 Å². The van der Waals surface area contributed by atoms with Gasteiger partial charge in [-0.3, -0.25) is 14.5 Å². The Balaban J connectivity index is 0.869. The highest BCUT2D eigenvalue weighted by atomic mass is 19.1. The number of amides is 1. The van der Waals surface area contributed by atoms with E-state index in [-0.39, 0.29) is 48.2 Å². The fourth-order valence-electron chi connectivity index (χ4n) is 7.71. The summed E-state index contributed by atoms with van der Waals surface area (Å²) in [4.78, 5) is 46.4. The smallest absolute Gasteiger partial charge is 0.278 e. The fraction of sp³-hybridized carbons (Fsp3) is 0.225. The van der Waals surface area contributed by atoms with Crippen molar-refractivity contribution in [2.75, 3.05) is 49.5 Å². The summed E-state index contributed by atoms with van der Waals surface area (Å²) in [5, 5.41) is 16.4. The van der Waals surface area contributed by atoms with Crippen LogP contribution in [0.5, 0.6) is 0 Å². The molecule has 56 heavy (non-hydrogen) atoms. The molecule has 7 aromatic rings.